The zero-order valence-electron chi connectivity index (χ0n) is 13.1. The average molecular weight is 310 g/mol. The first-order valence-electron chi connectivity index (χ1n) is 7.37. The van der Waals surface area contributed by atoms with Crippen LogP contribution in [-0.4, -0.2) is 27.7 Å². The summed E-state index contributed by atoms with van der Waals surface area (Å²) >= 11 is 0. The molecule has 0 radical (unpaired) electrons. The number of ether oxygens (including phenoxy) is 1. The number of carboxylic acids is 1. The van der Waals surface area contributed by atoms with Crippen LogP contribution in [0.5, 0.6) is 5.75 Å². The maximum absolute atomic E-state index is 11.2. The van der Waals surface area contributed by atoms with Gasteiger partial charge in [-0.15, -0.1) is 0 Å². The first-order chi connectivity index (χ1) is 11.1. The number of pyridine rings is 1. The van der Waals surface area contributed by atoms with Crippen molar-refractivity contribution in [2.75, 3.05) is 7.11 Å². The average Bonchev–Trinajstić information content (AvgIpc) is 2.81. The van der Waals surface area contributed by atoms with Crippen molar-refractivity contribution in [3.8, 4) is 5.75 Å². The summed E-state index contributed by atoms with van der Waals surface area (Å²) in [6, 6.07) is 9.77. The number of rotatable bonds is 5. The molecule has 1 N–H and O–H groups in total. The third kappa shape index (κ3) is 2.77. The number of aliphatic carboxylic acids is 1. The predicted octanol–water partition coefficient (Wildman–Crippen LogP) is 3.03. The summed E-state index contributed by atoms with van der Waals surface area (Å²) in [6.07, 6.45) is 3.46. The van der Waals surface area contributed by atoms with Crippen LogP contribution in [0.25, 0.3) is 10.9 Å². The van der Waals surface area contributed by atoms with Gasteiger partial charge in [0.2, 0.25) is 0 Å². The number of hydrogen-bond donors (Lipinski definition) is 1. The van der Waals surface area contributed by atoms with Crippen LogP contribution < -0.4 is 4.74 Å². The van der Waals surface area contributed by atoms with Crippen molar-refractivity contribution in [3.63, 3.8) is 0 Å². The van der Waals surface area contributed by atoms with Crippen LogP contribution in [0.4, 0.5) is 0 Å². The molecule has 0 aliphatic rings. The second-order valence-corrected chi connectivity index (χ2v) is 5.43. The van der Waals surface area contributed by atoms with Crippen LogP contribution in [0.2, 0.25) is 0 Å². The Bertz CT molecular complexity index is 868. The molecule has 5 nitrogen and oxygen atoms in total. The highest BCUT2D eigenvalue weighted by Gasteiger charge is 2.17. The summed E-state index contributed by atoms with van der Waals surface area (Å²) in [5.74, 6) is -0.0177. The van der Waals surface area contributed by atoms with Crippen molar-refractivity contribution >= 4 is 16.9 Å². The summed E-state index contributed by atoms with van der Waals surface area (Å²) in [5.41, 5.74) is 3.80. The van der Waals surface area contributed by atoms with E-state index in [-0.39, 0.29) is 6.42 Å². The molecule has 3 aromatic rings. The molecule has 3 rings (SSSR count). The van der Waals surface area contributed by atoms with Gasteiger partial charge in [-0.1, -0.05) is 18.2 Å². The minimum Gasteiger partial charge on any atom is -0.496 e. The number of para-hydroxylation sites is 1. The highest BCUT2D eigenvalue weighted by Crippen LogP contribution is 2.28. The van der Waals surface area contributed by atoms with Gasteiger partial charge in [-0.05, 0) is 24.6 Å². The van der Waals surface area contributed by atoms with Gasteiger partial charge in [0, 0.05) is 29.0 Å². The molecule has 23 heavy (non-hydrogen) atoms. The molecule has 0 atom stereocenters. The topological polar surface area (TPSA) is 64.3 Å². The standard InChI is InChI=1S/C18H18N2O3/c1-12-14(9-18(21)22)15-10-19-8-7-16(15)20(12)11-13-5-3-4-6-17(13)23-2/h3-8,10H,9,11H2,1-2H3,(H,21,22). The Hall–Kier alpha value is -2.82. The Morgan fingerprint density at radius 3 is 2.83 bits per heavy atom. The van der Waals surface area contributed by atoms with Gasteiger partial charge in [-0.3, -0.25) is 9.78 Å². The Morgan fingerprint density at radius 2 is 2.09 bits per heavy atom. The molecule has 0 spiro atoms. The molecule has 118 valence electrons. The van der Waals surface area contributed by atoms with Crippen molar-refractivity contribution in [2.45, 2.75) is 19.9 Å². The van der Waals surface area contributed by atoms with Crippen LogP contribution in [0.15, 0.2) is 42.7 Å². The summed E-state index contributed by atoms with van der Waals surface area (Å²) in [6.45, 7) is 2.57. The number of hydrogen-bond acceptors (Lipinski definition) is 3. The molecule has 0 saturated carbocycles. The quantitative estimate of drug-likeness (QED) is 0.786. The van der Waals surface area contributed by atoms with Crippen molar-refractivity contribution < 1.29 is 14.6 Å². The van der Waals surface area contributed by atoms with E-state index in [1.165, 1.54) is 0 Å². The molecule has 2 heterocycles. The second kappa shape index (κ2) is 6.12. The second-order valence-electron chi connectivity index (χ2n) is 5.43. The fourth-order valence-electron chi connectivity index (χ4n) is 2.98. The van der Waals surface area contributed by atoms with Crippen molar-refractivity contribution in [1.82, 2.24) is 9.55 Å². The lowest BCUT2D eigenvalue weighted by Gasteiger charge is -2.12. The van der Waals surface area contributed by atoms with Crippen LogP contribution in [0.1, 0.15) is 16.8 Å². The van der Waals surface area contributed by atoms with Crippen molar-refractivity contribution in [3.05, 3.63) is 59.5 Å². The maximum atomic E-state index is 11.2. The minimum absolute atomic E-state index is 0.00699. The van der Waals surface area contributed by atoms with Crippen LogP contribution in [-0.2, 0) is 17.8 Å². The Morgan fingerprint density at radius 1 is 1.30 bits per heavy atom. The summed E-state index contributed by atoms with van der Waals surface area (Å²) in [5, 5.41) is 10.1. The van der Waals surface area contributed by atoms with Crippen LogP contribution >= 0.6 is 0 Å². The number of carbonyl (C=O) groups is 1. The van der Waals surface area contributed by atoms with Gasteiger partial charge in [-0.25, -0.2) is 0 Å². The van der Waals surface area contributed by atoms with E-state index >= 15 is 0 Å². The molecule has 0 aliphatic heterocycles. The fraction of sp³-hybridized carbons (Fsp3) is 0.222. The number of benzene rings is 1. The van der Waals surface area contributed by atoms with Gasteiger partial charge in [0.25, 0.3) is 0 Å². The zero-order chi connectivity index (χ0) is 16.4. The van der Waals surface area contributed by atoms with Crippen LogP contribution in [0.3, 0.4) is 0 Å². The van der Waals surface area contributed by atoms with Gasteiger partial charge in [0.05, 0.1) is 25.6 Å². The number of carboxylic acid groups (broad SMARTS) is 1. The third-order valence-corrected chi connectivity index (χ3v) is 4.10. The Balaban J connectivity index is 2.14. The zero-order valence-corrected chi connectivity index (χ0v) is 13.1. The molecule has 1 aromatic carbocycles. The van der Waals surface area contributed by atoms with E-state index in [0.29, 0.717) is 6.54 Å². The van der Waals surface area contributed by atoms with E-state index in [1.54, 1.807) is 19.5 Å². The molecule has 0 bridgehead atoms. The summed E-state index contributed by atoms with van der Waals surface area (Å²) in [4.78, 5) is 15.3. The SMILES string of the molecule is COc1ccccc1Cn1c(C)c(CC(=O)O)c2cnccc21. The van der Waals surface area contributed by atoms with Gasteiger partial charge >= 0.3 is 5.97 Å². The first-order valence-corrected chi connectivity index (χ1v) is 7.37. The molecule has 0 aliphatic carbocycles. The number of methoxy groups -OCH3 is 1. The third-order valence-electron chi connectivity index (χ3n) is 4.10. The number of nitrogens with zero attached hydrogens (tertiary/aromatic N) is 2. The lowest BCUT2D eigenvalue weighted by atomic mass is 10.1. The van der Waals surface area contributed by atoms with E-state index < -0.39 is 5.97 Å². The van der Waals surface area contributed by atoms with Gasteiger partial charge in [-0.2, -0.15) is 0 Å². The molecular formula is C18H18N2O3. The first kappa shape index (κ1) is 15.1. The predicted molar refractivity (Wildman–Crippen MR) is 87.9 cm³/mol. The molecular weight excluding hydrogens is 292 g/mol. The Kier molecular flexibility index (Phi) is 4.02. The lowest BCUT2D eigenvalue weighted by molar-refractivity contribution is -0.136. The van der Waals surface area contributed by atoms with Crippen LogP contribution in [0, 0.1) is 6.92 Å². The number of fused-ring (bicyclic) bond motifs is 1. The summed E-state index contributed by atoms with van der Waals surface area (Å²) < 4.78 is 7.54. The lowest BCUT2D eigenvalue weighted by Crippen LogP contribution is -2.06. The summed E-state index contributed by atoms with van der Waals surface area (Å²) in [7, 11) is 1.65. The maximum Gasteiger partial charge on any atom is 0.307 e. The van der Waals surface area contributed by atoms with E-state index in [0.717, 1.165) is 33.5 Å². The normalized spacial score (nSPS) is 10.9. The van der Waals surface area contributed by atoms with E-state index in [4.69, 9.17) is 4.74 Å². The van der Waals surface area contributed by atoms with Gasteiger partial charge in [0.15, 0.2) is 0 Å². The fourth-order valence-corrected chi connectivity index (χ4v) is 2.98. The smallest absolute Gasteiger partial charge is 0.307 e. The highest BCUT2D eigenvalue weighted by atomic mass is 16.5. The molecule has 0 unspecified atom stereocenters. The molecule has 0 amide bonds. The van der Waals surface area contributed by atoms with E-state index in [2.05, 4.69) is 9.55 Å². The molecule has 0 saturated heterocycles. The monoisotopic (exact) mass is 310 g/mol. The number of aromatic nitrogens is 2. The van der Waals surface area contributed by atoms with Gasteiger partial charge < -0.3 is 14.4 Å². The largest absolute Gasteiger partial charge is 0.496 e. The van der Waals surface area contributed by atoms with Crippen molar-refractivity contribution in [1.29, 1.82) is 0 Å². The molecule has 2 aromatic heterocycles. The Labute approximate surface area is 134 Å². The minimum atomic E-state index is -0.840. The van der Waals surface area contributed by atoms with E-state index in [1.807, 2.05) is 37.3 Å². The van der Waals surface area contributed by atoms with Crippen molar-refractivity contribution in [2.24, 2.45) is 0 Å². The molecule has 0 fully saturated rings. The van der Waals surface area contributed by atoms with E-state index in [9.17, 15) is 9.90 Å². The van der Waals surface area contributed by atoms with Gasteiger partial charge in [0.1, 0.15) is 5.75 Å². The highest BCUT2D eigenvalue weighted by molar-refractivity contribution is 5.88. The molecule has 5 heteroatoms.